The van der Waals surface area contributed by atoms with Crippen LogP contribution in [0.4, 0.5) is 4.39 Å². The molecule has 1 saturated heterocycles. The Balaban J connectivity index is 1.45. The van der Waals surface area contributed by atoms with E-state index in [1.54, 1.807) is 6.07 Å². The number of aromatic nitrogens is 1. The lowest BCUT2D eigenvalue weighted by Crippen LogP contribution is -2.52. The molecular weight excluding hydrogens is 389 g/mol. The number of hydrogen-bond acceptors (Lipinski definition) is 4. The van der Waals surface area contributed by atoms with Crippen LogP contribution in [-0.4, -0.2) is 58.6 Å². The quantitative estimate of drug-likeness (QED) is 0.538. The molecule has 4 rings (SSSR count). The Labute approximate surface area is 163 Å². The highest BCUT2D eigenvalue weighted by Crippen LogP contribution is 2.23. The minimum atomic E-state index is -0.783. The number of nitrogens with zero attached hydrogens (tertiary/aromatic N) is 2. The van der Waals surface area contributed by atoms with Gasteiger partial charge in [-0.15, -0.1) is 0 Å². The zero-order valence-corrected chi connectivity index (χ0v) is 15.3. The highest BCUT2D eigenvalue weighted by molar-refractivity contribution is 6.44. The smallest absolute Gasteiger partial charge is 0.295 e. The molecular formula is C19H15ClFN3O4. The van der Waals surface area contributed by atoms with Crippen molar-refractivity contribution in [1.29, 1.82) is 0 Å². The first-order valence-electron chi connectivity index (χ1n) is 8.59. The van der Waals surface area contributed by atoms with E-state index < -0.39 is 17.5 Å². The predicted octanol–water partition coefficient (Wildman–Crippen LogP) is 2.72. The maximum atomic E-state index is 14.1. The number of piperazine rings is 1. The van der Waals surface area contributed by atoms with Crippen molar-refractivity contribution in [1.82, 2.24) is 14.8 Å². The largest absolute Gasteiger partial charge is 0.440 e. The second-order valence-corrected chi connectivity index (χ2v) is 6.75. The Bertz CT molecular complexity index is 1080. The van der Waals surface area contributed by atoms with Crippen molar-refractivity contribution in [2.24, 2.45) is 0 Å². The SMILES string of the molecule is O=C(C(=O)N1CCN(C(=O)c2ccc(Cl)o2)CC1)c1c[nH]c2cccc(F)c12. The van der Waals surface area contributed by atoms with Crippen molar-refractivity contribution in [2.75, 3.05) is 26.2 Å². The summed E-state index contributed by atoms with van der Waals surface area (Å²) in [4.78, 5) is 43.3. The average Bonchev–Trinajstić information content (AvgIpc) is 3.33. The molecule has 2 aromatic heterocycles. The van der Waals surface area contributed by atoms with Crippen LogP contribution in [0.2, 0.25) is 5.22 Å². The standard InChI is InChI=1S/C19H15ClFN3O4/c20-15-5-4-14(28-15)18(26)23-6-8-24(9-7-23)19(27)17(25)11-10-22-13-3-1-2-12(21)16(11)13/h1-5,10,22H,6-9H2. The Hall–Kier alpha value is -3.13. The average molecular weight is 404 g/mol. The first-order chi connectivity index (χ1) is 13.5. The van der Waals surface area contributed by atoms with E-state index in [2.05, 4.69) is 4.98 Å². The minimum absolute atomic E-state index is 0.00170. The van der Waals surface area contributed by atoms with E-state index >= 15 is 0 Å². The number of amides is 2. The van der Waals surface area contributed by atoms with Crippen LogP contribution in [0.5, 0.6) is 0 Å². The summed E-state index contributed by atoms with van der Waals surface area (Å²) in [5.41, 5.74) is 0.450. The maximum Gasteiger partial charge on any atom is 0.295 e. The summed E-state index contributed by atoms with van der Waals surface area (Å²) < 4.78 is 19.2. The van der Waals surface area contributed by atoms with Crippen LogP contribution in [0.3, 0.4) is 0 Å². The van der Waals surface area contributed by atoms with Gasteiger partial charge in [-0.2, -0.15) is 0 Å². The number of ketones is 1. The number of rotatable bonds is 3. The van der Waals surface area contributed by atoms with Crippen LogP contribution in [0.1, 0.15) is 20.9 Å². The number of Topliss-reactive ketones (excluding diaryl/α,β-unsaturated/α-hetero) is 1. The highest BCUT2D eigenvalue weighted by atomic mass is 35.5. The molecule has 0 radical (unpaired) electrons. The van der Waals surface area contributed by atoms with Gasteiger partial charge in [-0.1, -0.05) is 6.07 Å². The molecule has 0 bridgehead atoms. The zero-order chi connectivity index (χ0) is 19.8. The molecule has 0 atom stereocenters. The van der Waals surface area contributed by atoms with Crippen molar-refractivity contribution in [3.05, 3.63) is 58.9 Å². The Kier molecular flexibility index (Phi) is 4.64. The second-order valence-electron chi connectivity index (χ2n) is 6.38. The van der Waals surface area contributed by atoms with Gasteiger partial charge in [0.15, 0.2) is 11.0 Å². The van der Waals surface area contributed by atoms with Gasteiger partial charge in [-0.3, -0.25) is 14.4 Å². The molecule has 3 heterocycles. The first-order valence-corrected chi connectivity index (χ1v) is 8.97. The third kappa shape index (κ3) is 3.16. The molecule has 2 amide bonds. The molecule has 1 N–H and O–H groups in total. The first kappa shape index (κ1) is 18.2. The topological polar surface area (TPSA) is 86.6 Å². The number of benzene rings is 1. The molecule has 1 aliphatic heterocycles. The lowest BCUT2D eigenvalue weighted by Gasteiger charge is -2.33. The van der Waals surface area contributed by atoms with Gasteiger partial charge in [0.1, 0.15) is 5.82 Å². The Morgan fingerprint density at radius 2 is 1.75 bits per heavy atom. The van der Waals surface area contributed by atoms with E-state index in [0.717, 1.165) is 0 Å². The molecule has 0 saturated carbocycles. The van der Waals surface area contributed by atoms with Gasteiger partial charge in [0.05, 0.1) is 5.56 Å². The van der Waals surface area contributed by atoms with Crippen LogP contribution in [0, 0.1) is 5.82 Å². The number of hydrogen-bond donors (Lipinski definition) is 1. The number of nitrogens with one attached hydrogen (secondary N) is 1. The van der Waals surface area contributed by atoms with Crippen LogP contribution >= 0.6 is 11.6 Å². The summed E-state index contributed by atoms with van der Waals surface area (Å²) >= 11 is 5.69. The molecule has 28 heavy (non-hydrogen) atoms. The molecule has 0 aliphatic carbocycles. The van der Waals surface area contributed by atoms with Gasteiger partial charge in [0.2, 0.25) is 0 Å². The van der Waals surface area contributed by atoms with Crippen molar-refractivity contribution < 1.29 is 23.2 Å². The summed E-state index contributed by atoms with van der Waals surface area (Å²) in [7, 11) is 0. The fourth-order valence-electron chi connectivity index (χ4n) is 3.28. The number of carbonyl (C=O) groups is 3. The summed E-state index contributed by atoms with van der Waals surface area (Å²) in [5, 5.41) is 0.220. The molecule has 9 heteroatoms. The third-order valence-electron chi connectivity index (χ3n) is 4.73. The van der Waals surface area contributed by atoms with Gasteiger partial charge in [0, 0.05) is 43.3 Å². The second kappa shape index (κ2) is 7.12. The fraction of sp³-hybridized carbons (Fsp3) is 0.211. The van der Waals surface area contributed by atoms with Crippen LogP contribution < -0.4 is 0 Å². The molecule has 0 spiro atoms. The number of fused-ring (bicyclic) bond motifs is 1. The number of carbonyl (C=O) groups excluding carboxylic acids is 3. The number of furan rings is 1. The van der Waals surface area contributed by atoms with Gasteiger partial charge < -0.3 is 19.2 Å². The highest BCUT2D eigenvalue weighted by Gasteiger charge is 2.31. The lowest BCUT2D eigenvalue weighted by molar-refractivity contribution is -0.127. The number of aromatic amines is 1. The van der Waals surface area contributed by atoms with Crippen molar-refractivity contribution in [2.45, 2.75) is 0 Å². The summed E-state index contributed by atoms with van der Waals surface area (Å²) in [6, 6.07) is 7.35. The molecule has 144 valence electrons. The third-order valence-corrected chi connectivity index (χ3v) is 4.94. The monoisotopic (exact) mass is 403 g/mol. The van der Waals surface area contributed by atoms with Crippen molar-refractivity contribution >= 4 is 40.1 Å². The van der Waals surface area contributed by atoms with Crippen LogP contribution in [0.25, 0.3) is 10.9 Å². The fourth-order valence-corrected chi connectivity index (χ4v) is 3.42. The van der Waals surface area contributed by atoms with E-state index in [0.29, 0.717) is 5.52 Å². The Morgan fingerprint density at radius 1 is 1.04 bits per heavy atom. The molecule has 7 nitrogen and oxygen atoms in total. The Morgan fingerprint density at radius 3 is 2.43 bits per heavy atom. The normalized spacial score (nSPS) is 14.5. The van der Waals surface area contributed by atoms with Crippen molar-refractivity contribution in [3.63, 3.8) is 0 Å². The van der Waals surface area contributed by atoms with E-state index in [1.165, 1.54) is 40.3 Å². The van der Waals surface area contributed by atoms with E-state index in [9.17, 15) is 18.8 Å². The summed E-state index contributed by atoms with van der Waals surface area (Å²) in [6.45, 7) is 0.877. The molecule has 3 aromatic rings. The van der Waals surface area contributed by atoms with Gasteiger partial charge >= 0.3 is 0 Å². The molecule has 1 aliphatic rings. The van der Waals surface area contributed by atoms with Crippen molar-refractivity contribution in [3.8, 4) is 0 Å². The van der Waals surface area contributed by atoms with Gasteiger partial charge in [-0.05, 0) is 35.9 Å². The van der Waals surface area contributed by atoms with E-state index in [4.69, 9.17) is 16.0 Å². The van der Waals surface area contributed by atoms with E-state index in [1.807, 2.05) is 0 Å². The maximum absolute atomic E-state index is 14.1. The molecule has 1 fully saturated rings. The van der Waals surface area contributed by atoms with Crippen LogP contribution in [-0.2, 0) is 4.79 Å². The van der Waals surface area contributed by atoms with Crippen LogP contribution in [0.15, 0.2) is 40.9 Å². The zero-order valence-electron chi connectivity index (χ0n) is 14.6. The summed E-state index contributed by atoms with van der Waals surface area (Å²) in [6.07, 6.45) is 1.34. The molecule has 1 aromatic carbocycles. The van der Waals surface area contributed by atoms with Gasteiger partial charge in [0.25, 0.3) is 17.6 Å². The van der Waals surface area contributed by atoms with Gasteiger partial charge in [-0.25, -0.2) is 4.39 Å². The predicted molar refractivity (Wildman–Crippen MR) is 98.8 cm³/mol. The minimum Gasteiger partial charge on any atom is -0.440 e. The molecule has 0 unspecified atom stereocenters. The van der Waals surface area contributed by atoms with E-state index in [-0.39, 0.29) is 54.0 Å². The summed E-state index contributed by atoms with van der Waals surface area (Å²) in [5.74, 6) is -2.28. The number of H-pyrrole nitrogens is 1. The lowest BCUT2D eigenvalue weighted by atomic mass is 10.1. The number of halogens is 2.